The van der Waals surface area contributed by atoms with Gasteiger partial charge in [0.15, 0.2) is 0 Å². The van der Waals surface area contributed by atoms with Gasteiger partial charge in [-0.25, -0.2) is 5.48 Å². The molecule has 0 aliphatic rings. The zero-order valence-electron chi connectivity index (χ0n) is 12.6. The minimum Gasteiger partial charge on any atom is -0.491 e. The van der Waals surface area contributed by atoms with E-state index in [1.165, 1.54) is 11.3 Å². The summed E-state index contributed by atoms with van der Waals surface area (Å²) in [7, 11) is 0. The van der Waals surface area contributed by atoms with E-state index in [2.05, 4.69) is 5.32 Å². The fraction of sp³-hybridized carbons (Fsp3) is 0.250. The van der Waals surface area contributed by atoms with Crippen molar-refractivity contribution in [3.05, 3.63) is 52.2 Å². The summed E-state index contributed by atoms with van der Waals surface area (Å²) in [5.41, 5.74) is 1.90. The zero-order chi connectivity index (χ0) is 16.7. The van der Waals surface area contributed by atoms with E-state index in [1.807, 2.05) is 18.4 Å². The number of benzene rings is 1. The minimum atomic E-state index is -0.578. The fourth-order valence-electron chi connectivity index (χ4n) is 1.89. The van der Waals surface area contributed by atoms with Crippen molar-refractivity contribution in [1.82, 2.24) is 10.8 Å². The Balaban J connectivity index is 1.87. The Morgan fingerprint density at radius 2 is 1.96 bits per heavy atom. The number of rotatable bonds is 7. The van der Waals surface area contributed by atoms with Crippen LogP contribution in [-0.4, -0.2) is 29.7 Å². The van der Waals surface area contributed by atoms with Gasteiger partial charge in [-0.1, -0.05) is 13.0 Å². The molecule has 2 rings (SSSR count). The van der Waals surface area contributed by atoms with Gasteiger partial charge in [-0.05, 0) is 42.1 Å². The van der Waals surface area contributed by atoms with Crippen molar-refractivity contribution in [3.8, 4) is 5.75 Å². The average molecular weight is 334 g/mol. The zero-order valence-corrected chi connectivity index (χ0v) is 13.4. The highest BCUT2D eigenvalue weighted by atomic mass is 32.1. The third-order valence-corrected chi connectivity index (χ3v) is 4.11. The maximum Gasteiger partial charge on any atom is 0.274 e. The van der Waals surface area contributed by atoms with Gasteiger partial charge in [0.05, 0.1) is 10.9 Å². The normalized spacial score (nSPS) is 11.6. The Bertz CT molecular complexity index is 641. The number of hydroxylamine groups is 1. The van der Waals surface area contributed by atoms with Crippen molar-refractivity contribution >= 4 is 23.2 Å². The molecule has 0 saturated heterocycles. The Hall–Kier alpha value is -2.38. The summed E-state index contributed by atoms with van der Waals surface area (Å²) in [6.07, 6.45) is 0.738. The molecule has 0 aliphatic carbocycles. The highest BCUT2D eigenvalue weighted by Gasteiger charge is 2.13. The molecular formula is C16H18N2O4S. The monoisotopic (exact) mass is 334 g/mol. The predicted molar refractivity (Wildman–Crippen MR) is 87.1 cm³/mol. The fourth-order valence-corrected chi connectivity index (χ4v) is 2.52. The summed E-state index contributed by atoms with van der Waals surface area (Å²) in [4.78, 5) is 23.9. The third kappa shape index (κ3) is 4.80. The number of hydrogen-bond donors (Lipinski definition) is 3. The highest BCUT2D eigenvalue weighted by Crippen LogP contribution is 2.13. The van der Waals surface area contributed by atoms with Gasteiger partial charge < -0.3 is 10.1 Å². The topological polar surface area (TPSA) is 87.7 Å². The predicted octanol–water partition coefficient (Wildman–Crippen LogP) is 2.45. The van der Waals surface area contributed by atoms with Crippen LogP contribution in [0, 0.1) is 0 Å². The molecule has 1 aromatic heterocycles. The first-order valence-corrected chi connectivity index (χ1v) is 8.03. The Morgan fingerprint density at radius 3 is 2.52 bits per heavy atom. The smallest absolute Gasteiger partial charge is 0.274 e. The lowest BCUT2D eigenvalue weighted by atomic mass is 10.2. The lowest BCUT2D eigenvalue weighted by Crippen LogP contribution is -2.38. The van der Waals surface area contributed by atoms with Crippen molar-refractivity contribution in [1.29, 1.82) is 0 Å². The summed E-state index contributed by atoms with van der Waals surface area (Å²) in [5.74, 6) is -0.0973. The molecule has 1 heterocycles. The summed E-state index contributed by atoms with van der Waals surface area (Å²) in [6.45, 7) is 2.30. The van der Waals surface area contributed by atoms with Gasteiger partial charge in [-0.3, -0.25) is 14.8 Å². The second-order valence-electron chi connectivity index (χ2n) is 4.83. The van der Waals surface area contributed by atoms with Crippen LogP contribution in [0.3, 0.4) is 0 Å². The molecule has 122 valence electrons. The molecule has 2 aromatic rings. The molecule has 1 aromatic carbocycles. The number of carbonyl (C=O) groups is 2. The molecule has 6 nitrogen and oxygen atoms in total. The van der Waals surface area contributed by atoms with Crippen molar-refractivity contribution in [2.75, 3.05) is 6.61 Å². The van der Waals surface area contributed by atoms with Crippen molar-refractivity contribution in [2.24, 2.45) is 0 Å². The van der Waals surface area contributed by atoms with Crippen molar-refractivity contribution < 1.29 is 19.5 Å². The van der Waals surface area contributed by atoms with Gasteiger partial charge in [0.1, 0.15) is 12.4 Å². The second-order valence-corrected chi connectivity index (χ2v) is 5.78. The van der Waals surface area contributed by atoms with E-state index in [4.69, 9.17) is 9.94 Å². The Labute approximate surface area is 138 Å². The molecule has 0 bridgehead atoms. The molecule has 0 radical (unpaired) electrons. The molecule has 0 fully saturated rings. The summed E-state index contributed by atoms with van der Waals surface area (Å²) >= 11 is 1.39. The van der Waals surface area contributed by atoms with Gasteiger partial charge in [-0.15, -0.1) is 11.3 Å². The molecule has 3 N–H and O–H groups in total. The van der Waals surface area contributed by atoms with Crippen molar-refractivity contribution in [2.45, 2.75) is 19.4 Å². The molecule has 0 spiro atoms. The quantitative estimate of drug-likeness (QED) is 0.536. The van der Waals surface area contributed by atoms with Gasteiger partial charge >= 0.3 is 0 Å². The summed E-state index contributed by atoms with van der Waals surface area (Å²) in [5, 5.41) is 13.3. The van der Waals surface area contributed by atoms with Gasteiger partial charge in [-0.2, -0.15) is 0 Å². The van der Waals surface area contributed by atoms with Crippen LogP contribution in [0.15, 0.2) is 41.8 Å². The largest absolute Gasteiger partial charge is 0.491 e. The number of nitrogens with one attached hydrogen (secondary N) is 2. The lowest BCUT2D eigenvalue weighted by Gasteiger charge is -2.17. The van der Waals surface area contributed by atoms with E-state index in [0.29, 0.717) is 22.8 Å². The molecule has 2 amide bonds. The molecule has 0 aliphatic heterocycles. The number of thiophene rings is 1. The van der Waals surface area contributed by atoms with Crippen LogP contribution in [0.1, 0.15) is 33.4 Å². The van der Waals surface area contributed by atoms with E-state index in [1.54, 1.807) is 35.8 Å². The van der Waals surface area contributed by atoms with Gasteiger partial charge in [0.25, 0.3) is 11.8 Å². The molecular weight excluding hydrogens is 316 g/mol. The molecule has 7 heteroatoms. The Morgan fingerprint density at radius 1 is 1.22 bits per heavy atom. The first-order chi connectivity index (χ1) is 11.1. The van der Waals surface area contributed by atoms with Gasteiger partial charge in [0, 0.05) is 5.56 Å². The van der Waals surface area contributed by atoms with Crippen LogP contribution in [0.25, 0.3) is 0 Å². The standard InChI is InChI=1S/C16H18N2O4S/c1-2-12(17-16(20)14-4-3-9-23-14)10-22-13-7-5-11(6-8-13)15(19)18-21/h3-9,12,21H,2,10H2,1H3,(H,17,20)(H,18,19)/t12-/m0/s1. The number of amides is 2. The first-order valence-electron chi connectivity index (χ1n) is 7.15. The SMILES string of the molecule is CC[C@@H](COc1ccc(C(=O)NO)cc1)NC(=O)c1cccs1. The number of carbonyl (C=O) groups excluding carboxylic acids is 2. The van der Waals surface area contributed by atoms with Crippen molar-refractivity contribution in [3.63, 3.8) is 0 Å². The van der Waals surface area contributed by atoms with E-state index in [0.717, 1.165) is 6.42 Å². The molecule has 0 saturated carbocycles. The third-order valence-electron chi connectivity index (χ3n) is 3.24. The maximum atomic E-state index is 12.0. The summed E-state index contributed by atoms with van der Waals surface area (Å²) in [6, 6.07) is 9.87. The van der Waals surface area contributed by atoms with E-state index in [9.17, 15) is 9.59 Å². The van der Waals surface area contributed by atoms with Crippen LogP contribution in [-0.2, 0) is 0 Å². The van der Waals surface area contributed by atoms with E-state index in [-0.39, 0.29) is 11.9 Å². The summed E-state index contributed by atoms with van der Waals surface area (Å²) < 4.78 is 5.64. The Kier molecular flexibility index (Phi) is 6.13. The van der Waals surface area contributed by atoms with Crippen LogP contribution >= 0.6 is 11.3 Å². The van der Waals surface area contributed by atoms with Gasteiger partial charge in [0.2, 0.25) is 0 Å². The minimum absolute atomic E-state index is 0.106. The van der Waals surface area contributed by atoms with Crippen LogP contribution in [0.5, 0.6) is 5.75 Å². The highest BCUT2D eigenvalue weighted by molar-refractivity contribution is 7.12. The molecule has 0 unspecified atom stereocenters. The van der Waals surface area contributed by atoms with Crippen LogP contribution < -0.4 is 15.5 Å². The second kappa shape index (κ2) is 8.30. The number of hydrogen-bond acceptors (Lipinski definition) is 5. The average Bonchev–Trinajstić information content (AvgIpc) is 3.13. The number of ether oxygens (including phenoxy) is 1. The van der Waals surface area contributed by atoms with E-state index >= 15 is 0 Å². The first kappa shape index (κ1) is 17.0. The molecule has 23 heavy (non-hydrogen) atoms. The van der Waals surface area contributed by atoms with Crippen LogP contribution in [0.2, 0.25) is 0 Å². The molecule has 1 atom stereocenters. The van der Waals surface area contributed by atoms with Crippen LogP contribution in [0.4, 0.5) is 0 Å². The van der Waals surface area contributed by atoms with E-state index < -0.39 is 5.91 Å². The maximum absolute atomic E-state index is 12.0. The lowest BCUT2D eigenvalue weighted by molar-refractivity contribution is 0.0706.